The molecule has 1 amide bonds. The largest absolute Gasteiger partial charge is 0.391 e. The first-order valence-electron chi connectivity index (χ1n) is 7.93. The lowest BCUT2D eigenvalue weighted by Crippen LogP contribution is -2.22. The van der Waals surface area contributed by atoms with Crippen molar-refractivity contribution in [1.82, 2.24) is 4.98 Å². The van der Waals surface area contributed by atoms with Gasteiger partial charge in [-0.15, -0.1) is 0 Å². The van der Waals surface area contributed by atoms with Crippen LogP contribution in [0.15, 0.2) is 18.3 Å². The highest BCUT2D eigenvalue weighted by Gasteiger charge is 2.68. The van der Waals surface area contributed by atoms with E-state index in [1.807, 2.05) is 12.1 Å². The highest BCUT2D eigenvalue weighted by Crippen LogP contribution is 2.68. The highest BCUT2D eigenvalue weighted by molar-refractivity contribution is 5.95. The van der Waals surface area contributed by atoms with Gasteiger partial charge in [-0.3, -0.25) is 4.79 Å². The van der Waals surface area contributed by atoms with Crippen LogP contribution < -0.4 is 10.2 Å². The number of aliphatic hydroxyl groups excluding tert-OH is 1. The van der Waals surface area contributed by atoms with Gasteiger partial charge in [0.2, 0.25) is 5.91 Å². The Kier molecular flexibility index (Phi) is 3.44. The van der Waals surface area contributed by atoms with E-state index in [2.05, 4.69) is 42.9 Å². The van der Waals surface area contributed by atoms with Crippen molar-refractivity contribution in [3.05, 3.63) is 18.3 Å². The third-order valence-corrected chi connectivity index (χ3v) is 5.81. The Balaban J connectivity index is 1.64. The number of aromatic nitrogens is 1. The van der Waals surface area contributed by atoms with Crippen molar-refractivity contribution in [3.8, 4) is 0 Å². The van der Waals surface area contributed by atoms with E-state index in [9.17, 15) is 9.90 Å². The molecule has 0 bridgehead atoms. The average Bonchev–Trinajstić information content (AvgIpc) is 2.75. The zero-order chi connectivity index (χ0) is 16.1. The minimum atomic E-state index is -0.251. The third kappa shape index (κ3) is 2.37. The summed E-state index contributed by atoms with van der Waals surface area (Å²) in [5.74, 6) is 0.661. The summed E-state index contributed by atoms with van der Waals surface area (Å²) in [4.78, 5) is 18.8. The molecule has 1 atom stereocenters. The van der Waals surface area contributed by atoms with E-state index < -0.39 is 0 Å². The number of carbonyl (C=O) groups excluding carboxylic acids is 1. The molecule has 5 heteroatoms. The van der Waals surface area contributed by atoms with Gasteiger partial charge in [0.25, 0.3) is 0 Å². The molecule has 1 saturated carbocycles. The summed E-state index contributed by atoms with van der Waals surface area (Å²) < 4.78 is 0. The van der Waals surface area contributed by atoms with Crippen molar-refractivity contribution in [1.29, 1.82) is 0 Å². The number of hydrogen-bond acceptors (Lipinski definition) is 4. The fourth-order valence-corrected chi connectivity index (χ4v) is 3.67. The Morgan fingerprint density at radius 3 is 2.45 bits per heavy atom. The third-order valence-electron chi connectivity index (χ3n) is 5.81. The van der Waals surface area contributed by atoms with E-state index in [1.54, 1.807) is 6.20 Å². The molecule has 1 saturated heterocycles. The van der Waals surface area contributed by atoms with E-state index in [0.29, 0.717) is 12.4 Å². The van der Waals surface area contributed by atoms with Crippen molar-refractivity contribution >= 4 is 17.4 Å². The predicted molar refractivity (Wildman–Crippen MR) is 86.8 cm³/mol. The maximum atomic E-state index is 12.4. The van der Waals surface area contributed by atoms with Crippen LogP contribution in [0.2, 0.25) is 0 Å². The monoisotopic (exact) mass is 303 g/mol. The summed E-state index contributed by atoms with van der Waals surface area (Å²) in [5.41, 5.74) is 1.05. The summed E-state index contributed by atoms with van der Waals surface area (Å²) in [6.45, 7) is 10.0. The van der Waals surface area contributed by atoms with Crippen molar-refractivity contribution in [2.45, 2.75) is 40.2 Å². The molecule has 1 unspecified atom stereocenters. The number of carbonyl (C=O) groups is 1. The van der Waals surface area contributed by atoms with Crippen molar-refractivity contribution < 1.29 is 9.90 Å². The zero-order valence-corrected chi connectivity index (χ0v) is 13.8. The lowest BCUT2D eigenvalue weighted by atomic mass is 10.0. The summed E-state index contributed by atoms with van der Waals surface area (Å²) in [7, 11) is 0. The molecule has 5 nitrogen and oxygen atoms in total. The molecule has 2 heterocycles. The van der Waals surface area contributed by atoms with E-state index in [-0.39, 0.29) is 28.8 Å². The van der Waals surface area contributed by atoms with Crippen LogP contribution in [0.4, 0.5) is 11.5 Å². The maximum absolute atomic E-state index is 12.4. The quantitative estimate of drug-likeness (QED) is 0.899. The molecule has 22 heavy (non-hydrogen) atoms. The molecular weight excluding hydrogens is 278 g/mol. The summed E-state index contributed by atoms with van der Waals surface area (Å²) in [6.07, 6.45) is 2.31. The van der Waals surface area contributed by atoms with Crippen LogP contribution in [-0.2, 0) is 4.79 Å². The van der Waals surface area contributed by atoms with Gasteiger partial charge in [-0.1, -0.05) is 27.7 Å². The van der Waals surface area contributed by atoms with E-state index in [1.165, 1.54) is 0 Å². The van der Waals surface area contributed by atoms with Crippen molar-refractivity contribution in [2.24, 2.45) is 16.7 Å². The fourth-order valence-electron chi connectivity index (χ4n) is 3.67. The smallest absolute Gasteiger partial charge is 0.229 e. The first-order chi connectivity index (χ1) is 10.2. The van der Waals surface area contributed by atoms with Crippen LogP contribution in [0.5, 0.6) is 0 Å². The van der Waals surface area contributed by atoms with Crippen LogP contribution in [0.25, 0.3) is 0 Å². The first-order valence-corrected chi connectivity index (χ1v) is 7.93. The number of aliphatic hydroxyl groups is 1. The summed E-state index contributed by atoms with van der Waals surface area (Å²) in [5, 5.41) is 12.5. The van der Waals surface area contributed by atoms with Gasteiger partial charge in [0, 0.05) is 19.0 Å². The molecule has 2 fully saturated rings. The zero-order valence-electron chi connectivity index (χ0n) is 13.8. The number of hydrogen-bond donors (Lipinski definition) is 2. The molecule has 0 radical (unpaired) electrons. The van der Waals surface area contributed by atoms with Crippen LogP contribution >= 0.6 is 0 Å². The van der Waals surface area contributed by atoms with E-state index in [4.69, 9.17) is 0 Å². The molecule has 1 aromatic heterocycles. The lowest BCUT2D eigenvalue weighted by molar-refractivity contribution is -0.118. The normalized spacial score (nSPS) is 26.0. The number of nitrogens with one attached hydrogen (secondary N) is 1. The number of nitrogens with zero attached hydrogens (tertiary/aromatic N) is 2. The van der Waals surface area contributed by atoms with E-state index in [0.717, 1.165) is 18.7 Å². The molecule has 1 aliphatic carbocycles. The Morgan fingerprint density at radius 1 is 1.32 bits per heavy atom. The Morgan fingerprint density at radius 2 is 2.00 bits per heavy atom. The second-order valence-electron chi connectivity index (χ2n) is 7.66. The lowest BCUT2D eigenvalue weighted by Gasteiger charge is -2.17. The molecule has 3 rings (SSSR count). The molecule has 0 aromatic carbocycles. The number of β-amino-alcohol motifs (C(OH)–C–C–N with tert-alkyl or cyclic N) is 1. The minimum absolute atomic E-state index is 0.0233. The van der Waals surface area contributed by atoms with Gasteiger partial charge in [0.15, 0.2) is 0 Å². The van der Waals surface area contributed by atoms with Gasteiger partial charge in [0.1, 0.15) is 5.82 Å². The Labute approximate surface area is 131 Å². The SMILES string of the molecule is CC1(C)C(C(=O)Nc2ccc(N3CCC(O)C3)cn2)C1(C)C. The molecule has 0 spiro atoms. The molecular formula is C17H25N3O2. The van der Waals surface area contributed by atoms with Crippen LogP contribution in [-0.4, -0.2) is 35.2 Å². The first kappa shape index (κ1) is 15.3. The van der Waals surface area contributed by atoms with E-state index >= 15 is 0 Å². The molecule has 120 valence electrons. The average molecular weight is 303 g/mol. The number of pyridine rings is 1. The number of rotatable bonds is 3. The second kappa shape index (κ2) is 4.95. The number of amides is 1. The Bertz CT molecular complexity index is 566. The van der Waals surface area contributed by atoms with Crippen LogP contribution in [0.3, 0.4) is 0 Å². The fraction of sp³-hybridized carbons (Fsp3) is 0.647. The Hall–Kier alpha value is -1.62. The van der Waals surface area contributed by atoms with Crippen LogP contribution in [0.1, 0.15) is 34.1 Å². The van der Waals surface area contributed by atoms with Crippen LogP contribution in [0, 0.1) is 16.7 Å². The van der Waals surface area contributed by atoms with Gasteiger partial charge in [-0.2, -0.15) is 0 Å². The van der Waals surface area contributed by atoms with Gasteiger partial charge in [-0.25, -0.2) is 4.98 Å². The van der Waals surface area contributed by atoms with Gasteiger partial charge >= 0.3 is 0 Å². The molecule has 2 N–H and O–H groups in total. The number of anilines is 2. The van der Waals surface area contributed by atoms with Gasteiger partial charge < -0.3 is 15.3 Å². The van der Waals surface area contributed by atoms with Gasteiger partial charge in [0.05, 0.1) is 18.0 Å². The molecule has 1 aliphatic heterocycles. The highest BCUT2D eigenvalue weighted by atomic mass is 16.3. The van der Waals surface area contributed by atoms with Crippen molar-refractivity contribution in [2.75, 3.05) is 23.3 Å². The molecule has 1 aromatic rings. The maximum Gasteiger partial charge on any atom is 0.229 e. The van der Waals surface area contributed by atoms with Gasteiger partial charge in [-0.05, 0) is 29.4 Å². The minimum Gasteiger partial charge on any atom is -0.391 e. The summed E-state index contributed by atoms with van der Waals surface area (Å²) >= 11 is 0. The standard InChI is InChI=1S/C17H25N3O2/c1-16(2)14(17(16,3)4)15(22)19-13-6-5-11(9-18-13)20-8-7-12(21)10-20/h5-6,9,12,14,21H,7-8,10H2,1-4H3,(H,18,19,22). The molecule has 2 aliphatic rings. The topological polar surface area (TPSA) is 65.5 Å². The second-order valence-corrected chi connectivity index (χ2v) is 7.66. The summed E-state index contributed by atoms with van der Waals surface area (Å²) in [6, 6.07) is 3.78. The van der Waals surface area contributed by atoms with Crippen molar-refractivity contribution in [3.63, 3.8) is 0 Å². The predicted octanol–water partition coefficient (Wildman–Crippen LogP) is 2.27.